The van der Waals surface area contributed by atoms with E-state index >= 15 is 0 Å². The number of hydrogen-bond donors (Lipinski definition) is 0. The normalized spacial score (nSPS) is 17.9. The number of aromatic nitrogens is 2. The number of anilines is 1. The molecule has 1 amide bonds. The number of rotatable bonds is 6. The van der Waals surface area contributed by atoms with Crippen molar-refractivity contribution in [3.8, 4) is 0 Å². The number of halogens is 1. The van der Waals surface area contributed by atoms with Gasteiger partial charge >= 0.3 is 0 Å². The second-order valence-corrected chi connectivity index (χ2v) is 6.11. The molecular weight excluding hydrogens is 332 g/mol. The summed E-state index contributed by atoms with van der Waals surface area (Å²) in [7, 11) is 3.45. The zero-order valence-electron chi connectivity index (χ0n) is 13.6. The van der Waals surface area contributed by atoms with Crippen molar-refractivity contribution in [1.29, 1.82) is 0 Å². The lowest BCUT2D eigenvalue weighted by Gasteiger charge is -2.23. The number of nitrogens with zero attached hydrogens (tertiary/aromatic N) is 4. The van der Waals surface area contributed by atoms with Gasteiger partial charge in [0.2, 0.25) is 5.91 Å². The summed E-state index contributed by atoms with van der Waals surface area (Å²) in [5.74, 6) is 0.996. The topological polar surface area (TPSA) is 71.7 Å². The minimum atomic E-state index is -0.231. The molecule has 0 N–H and O–H groups in total. The third-order valence-electron chi connectivity index (χ3n) is 4.02. The van der Waals surface area contributed by atoms with Crippen molar-refractivity contribution in [3.63, 3.8) is 0 Å². The lowest BCUT2D eigenvalue weighted by Crippen LogP contribution is -2.39. The third kappa shape index (κ3) is 3.43. The Morgan fingerprint density at radius 2 is 2.25 bits per heavy atom. The molecule has 1 unspecified atom stereocenters. The zero-order chi connectivity index (χ0) is 17.1. The molecule has 0 saturated carbocycles. The first-order valence-corrected chi connectivity index (χ1v) is 8.04. The Morgan fingerprint density at radius 3 is 3.00 bits per heavy atom. The molecule has 24 heavy (non-hydrogen) atoms. The van der Waals surface area contributed by atoms with E-state index < -0.39 is 0 Å². The molecule has 0 spiro atoms. The van der Waals surface area contributed by atoms with Crippen LogP contribution in [0.4, 0.5) is 5.69 Å². The summed E-state index contributed by atoms with van der Waals surface area (Å²) in [6.07, 6.45) is 0.726. The molecule has 0 bridgehead atoms. The number of amides is 1. The summed E-state index contributed by atoms with van der Waals surface area (Å²) < 4.78 is 10.0. The Morgan fingerprint density at radius 1 is 1.46 bits per heavy atom. The fraction of sp³-hybridized carbons (Fsp3) is 0.438. The Bertz CT molecular complexity index is 721. The van der Waals surface area contributed by atoms with E-state index in [1.807, 2.05) is 30.1 Å². The number of para-hydroxylation sites is 1. The standard InChI is InChI=1S/C16H19ClN4O3/c1-20(9-14-18-15(10-23-2)24-19-14)13-7-8-21(16(13)22)12-6-4-3-5-11(12)17/h3-6,13H,7-10H2,1-2H3. The molecule has 1 saturated heterocycles. The van der Waals surface area contributed by atoms with Crippen LogP contribution in [0.15, 0.2) is 28.8 Å². The first-order chi connectivity index (χ1) is 11.6. The third-order valence-corrected chi connectivity index (χ3v) is 4.34. The van der Waals surface area contributed by atoms with Crippen molar-refractivity contribution in [2.45, 2.75) is 25.6 Å². The van der Waals surface area contributed by atoms with Crippen LogP contribution < -0.4 is 4.90 Å². The van der Waals surface area contributed by atoms with Crippen molar-refractivity contribution >= 4 is 23.2 Å². The first kappa shape index (κ1) is 16.9. The Balaban J connectivity index is 1.67. The molecule has 128 valence electrons. The quantitative estimate of drug-likeness (QED) is 0.794. The number of likely N-dealkylation sites (N-methyl/N-ethyl adjacent to an activating group) is 1. The van der Waals surface area contributed by atoms with Gasteiger partial charge in [-0.15, -0.1) is 0 Å². The van der Waals surface area contributed by atoms with E-state index in [4.69, 9.17) is 20.9 Å². The maximum absolute atomic E-state index is 12.7. The van der Waals surface area contributed by atoms with Crippen molar-refractivity contribution in [1.82, 2.24) is 15.0 Å². The lowest BCUT2D eigenvalue weighted by atomic mass is 10.2. The molecule has 1 aromatic heterocycles. The average molecular weight is 351 g/mol. The molecule has 1 atom stereocenters. The number of hydrogen-bond acceptors (Lipinski definition) is 6. The van der Waals surface area contributed by atoms with Gasteiger partial charge in [0.05, 0.1) is 23.3 Å². The van der Waals surface area contributed by atoms with E-state index in [1.54, 1.807) is 18.1 Å². The Hall–Kier alpha value is -1.96. The zero-order valence-corrected chi connectivity index (χ0v) is 14.4. The summed E-state index contributed by atoms with van der Waals surface area (Å²) in [6, 6.07) is 7.15. The van der Waals surface area contributed by atoms with E-state index in [-0.39, 0.29) is 18.6 Å². The van der Waals surface area contributed by atoms with Gasteiger partial charge in [-0.05, 0) is 25.6 Å². The smallest absolute Gasteiger partial charge is 0.252 e. The maximum Gasteiger partial charge on any atom is 0.252 e. The largest absolute Gasteiger partial charge is 0.375 e. The molecule has 0 radical (unpaired) electrons. The molecule has 8 heteroatoms. The highest BCUT2D eigenvalue weighted by atomic mass is 35.5. The monoisotopic (exact) mass is 350 g/mol. The van der Waals surface area contributed by atoms with Gasteiger partial charge < -0.3 is 14.2 Å². The van der Waals surface area contributed by atoms with E-state index in [0.29, 0.717) is 29.8 Å². The van der Waals surface area contributed by atoms with Gasteiger partial charge in [-0.25, -0.2) is 0 Å². The summed E-state index contributed by atoms with van der Waals surface area (Å²) in [5.41, 5.74) is 0.752. The van der Waals surface area contributed by atoms with E-state index in [0.717, 1.165) is 12.1 Å². The maximum atomic E-state index is 12.7. The van der Waals surface area contributed by atoms with Crippen LogP contribution in [0, 0.1) is 0 Å². The predicted molar refractivity (Wildman–Crippen MR) is 88.7 cm³/mol. The van der Waals surface area contributed by atoms with Crippen LogP contribution in [0.1, 0.15) is 18.1 Å². The molecule has 7 nitrogen and oxygen atoms in total. The number of methoxy groups -OCH3 is 1. The first-order valence-electron chi connectivity index (χ1n) is 7.66. The minimum Gasteiger partial charge on any atom is -0.375 e. The SMILES string of the molecule is COCc1nc(CN(C)C2CCN(c3ccccc3Cl)C2=O)no1. The average Bonchev–Trinajstić information content (AvgIpc) is 3.15. The summed E-state index contributed by atoms with van der Waals surface area (Å²) >= 11 is 6.21. The van der Waals surface area contributed by atoms with Crippen LogP contribution in [0.3, 0.4) is 0 Å². The highest BCUT2D eigenvalue weighted by Crippen LogP contribution is 2.30. The van der Waals surface area contributed by atoms with Gasteiger partial charge in [0.1, 0.15) is 6.61 Å². The molecule has 1 aliphatic heterocycles. The van der Waals surface area contributed by atoms with Crippen molar-refractivity contribution in [3.05, 3.63) is 41.0 Å². The highest BCUT2D eigenvalue weighted by Gasteiger charge is 2.36. The van der Waals surface area contributed by atoms with Crippen LogP contribution in [-0.4, -0.2) is 47.7 Å². The molecule has 3 rings (SSSR count). The van der Waals surface area contributed by atoms with Crippen LogP contribution >= 0.6 is 11.6 Å². The Labute approximate surface area is 145 Å². The van der Waals surface area contributed by atoms with E-state index in [9.17, 15) is 4.79 Å². The van der Waals surface area contributed by atoms with Crippen molar-refractivity contribution in [2.24, 2.45) is 0 Å². The van der Waals surface area contributed by atoms with Gasteiger partial charge in [0.15, 0.2) is 5.82 Å². The highest BCUT2D eigenvalue weighted by molar-refractivity contribution is 6.33. The second kappa shape index (κ2) is 7.29. The summed E-state index contributed by atoms with van der Waals surface area (Å²) in [5, 5.41) is 4.49. The molecule has 2 heterocycles. The molecule has 0 aliphatic carbocycles. The van der Waals surface area contributed by atoms with Gasteiger partial charge in [0, 0.05) is 13.7 Å². The molecule has 1 aromatic carbocycles. The predicted octanol–water partition coefficient (Wildman–Crippen LogP) is 2.11. The molecule has 1 aliphatic rings. The molecular formula is C16H19ClN4O3. The van der Waals surface area contributed by atoms with Gasteiger partial charge in [0.25, 0.3) is 5.89 Å². The van der Waals surface area contributed by atoms with Crippen LogP contribution in [0.25, 0.3) is 0 Å². The van der Waals surface area contributed by atoms with Crippen LogP contribution in [-0.2, 0) is 22.7 Å². The van der Waals surface area contributed by atoms with E-state index in [1.165, 1.54) is 0 Å². The van der Waals surface area contributed by atoms with Crippen LogP contribution in [0.2, 0.25) is 5.02 Å². The number of carbonyl (C=O) groups excluding carboxylic acids is 1. The second-order valence-electron chi connectivity index (χ2n) is 5.70. The van der Waals surface area contributed by atoms with Crippen molar-refractivity contribution in [2.75, 3.05) is 25.6 Å². The summed E-state index contributed by atoms with van der Waals surface area (Å²) in [4.78, 5) is 20.6. The van der Waals surface area contributed by atoms with Gasteiger partial charge in [-0.1, -0.05) is 28.9 Å². The van der Waals surface area contributed by atoms with Gasteiger partial charge in [-0.3, -0.25) is 9.69 Å². The molecule has 2 aromatic rings. The van der Waals surface area contributed by atoms with Crippen molar-refractivity contribution < 1.29 is 14.1 Å². The number of carbonyl (C=O) groups is 1. The number of ether oxygens (including phenoxy) is 1. The molecule has 1 fully saturated rings. The summed E-state index contributed by atoms with van der Waals surface area (Å²) in [6.45, 7) is 1.35. The lowest BCUT2D eigenvalue weighted by molar-refractivity contribution is -0.121. The van der Waals surface area contributed by atoms with Gasteiger partial charge in [-0.2, -0.15) is 4.98 Å². The van der Waals surface area contributed by atoms with Crippen LogP contribution in [0.5, 0.6) is 0 Å². The fourth-order valence-electron chi connectivity index (χ4n) is 2.85. The number of benzene rings is 1. The fourth-order valence-corrected chi connectivity index (χ4v) is 3.09. The minimum absolute atomic E-state index is 0.0335. The van der Waals surface area contributed by atoms with E-state index in [2.05, 4.69) is 10.1 Å². The Kier molecular flexibility index (Phi) is 5.13.